The molecule has 1 unspecified atom stereocenters. The minimum absolute atomic E-state index is 0.173. The first-order chi connectivity index (χ1) is 11.6. The Bertz CT molecular complexity index is 779. The van der Waals surface area contributed by atoms with Crippen molar-refractivity contribution in [2.24, 2.45) is 4.99 Å². The van der Waals surface area contributed by atoms with E-state index in [0.29, 0.717) is 17.2 Å². The highest BCUT2D eigenvalue weighted by molar-refractivity contribution is 6.14. The molecule has 0 spiro atoms. The normalized spacial score (nSPS) is 15.5. The topological polar surface area (TPSA) is 49.3 Å². The summed E-state index contributed by atoms with van der Waals surface area (Å²) in [5.74, 6) is 1.45. The first-order valence-corrected chi connectivity index (χ1v) is 7.34. The molecule has 0 saturated carbocycles. The van der Waals surface area contributed by atoms with E-state index in [1.165, 1.54) is 13.2 Å². The van der Waals surface area contributed by atoms with Crippen LogP contribution in [0, 0.1) is 5.82 Å². The predicted molar refractivity (Wildman–Crippen MR) is 88.3 cm³/mol. The molecule has 5 nitrogen and oxygen atoms in total. The average Bonchev–Trinajstić information content (AvgIpc) is 3.41. The number of hydrogen-bond donors (Lipinski definition) is 0. The standard InChI is InChI=1S/C18H18FNO4/c1-21-13-6-5-10(7-12(13)19)16-17(20-16)11-8-14(22-2)18(24-4)15(9-11)23-3/h5-9,16H,1-4H3. The maximum atomic E-state index is 13.9. The average molecular weight is 331 g/mol. The second kappa shape index (κ2) is 6.39. The van der Waals surface area contributed by atoms with E-state index in [9.17, 15) is 4.39 Å². The van der Waals surface area contributed by atoms with Gasteiger partial charge in [0.2, 0.25) is 5.75 Å². The molecule has 3 rings (SSSR count). The zero-order valence-corrected chi connectivity index (χ0v) is 13.9. The zero-order valence-electron chi connectivity index (χ0n) is 13.9. The number of hydrogen-bond acceptors (Lipinski definition) is 5. The molecule has 0 aliphatic carbocycles. The smallest absolute Gasteiger partial charge is 0.203 e. The molecular formula is C18H18FNO4. The largest absolute Gasteiger partial charge is 0.494 e. The van der Waals surface area contributed by atoms with Gasteiger partial charge in [0.25, 0.3) is 0 Å². The fourth-order valence-corrected chi connectivity index (χ4v) is 2.65. The van der Waals surface area contributed by atoms with Gasteiger partial charge in [-0.3, -0.25) is 4.99 Å². The lowest BCUT2D eigenvalue weighted by Gasteiger charge is -2.13. The van der Waals surface area contributed by atoms with E-state index in [4.69, 9.17) is 18.9 Å². The summed E-state index contributed by atoms with van der Waals surface area (Å²) in [5.41, 5.74) is 2.47. The van der Waals surface area contributed by atoms with Crippen LogP contribution in [0.25, 0.3) is 0 Å². The number of benzene rings is 2. The fraction of sp³-hybridized carbons (Fsp3) is 0.278. The van der Waals surface area contributed by atoms with E-state index in [-0.39, 0.29) is 11.8 Å². The molecule has 0 fully saturated rings. The molecule has 1 aliphatic rings. The molecule has 2 aromatic rings. The van der Waals surface area contributed by atoms with Crippen LogP contribution in [0.1, 0.15) is 17.2 Å². The molecule has 2 aromatic carbocycles. The van der Waals surface area contributed by atoms with Crippen molar-refractivity contribution < 1.29 is 23.3 Å². The van der Waals surface area contributed by atoms with Gasteiger partial charge < -0.3 is 18.9 Å². The second-order valence-electron chi connectivity index (χ2n) is 5.22. The summed E-state index contributed by atoms with van der Waals surface area (Å²) in [5, 5.41) is 0. The van der Waals surface area contributed by atoms with Crippen LogP contribution in [0.15, 0.2) is 35.3 Å². The van der Waals surface area contributed by atoms with Crippen molar-refractivity contribution in [1.29, 1.82) is 0 Å². The Morgan fingerprint density at radius 2 is 1.46 bits per heavy atom. The SMILES string of the molecule is COc1ccc(C2N=C2c2cc(OC)c(OC)c(OC)c2)cc1F. The van der Waals surface area contributed by atoms with E-state index in [2.05, 4.69) is 4.99 Å². The Labute approximate surface area is 139 Å². The first-order valence-electron chi connectivity index (χ1n) is 7.34. The van der Waals surface area contributed by atoms with Gasteiger partial charge in [-0.2, -0.15) is 0 Å². The number of rotatable bonds is 6. The third kappa shape index (κ3) is 2.75. The van der Waals surface area contributed by atoms with Crippen molar-refractivity contribution in [2.75, 3.05) is 28.4 Å². The number of methoxy groups -OCH3 is 4. The summed E-state index contributed by atoms with van der Waals surface area (Å²) in [7, 11) is 6.11. The molecule has 24 heavy (non-hydrogen) atoms. The van der Waals surface area contributed by atoms with Crippen LogP contribution < -0.4 is 18.9 Å². The lowest BCUT2D eigenvalue weighted by molar-refractivity contribution is 0.324. The molecular weight excluding hydrogens is 313 g/mol. The maximum Gasteiger partial charge on any atom is 0.203 e. The van der Waals surface area contributed by atoms with E-state index >= 15 is 0 Å². The lowest BCUT2D eigenvalue weighted by atomic mass is 10.0. The Hall–Kier alpha value is -2.76. The van der Waals surface area contributed by atoms with Crippen LogP contribution in [0.3, 0.4) is 0 Å². The van der Waals surface area contributed by atoms with Crippen molar-refractivity contribution in [3.63, 3.8) is 0 Å². The monoisotopic (exact) mass is 331 g/mol. The summed E-state index contributed by atoms with van der Waals surface area (Å²) < 4.78 is 34.8. The molecule has 0 saturated heterocycles. The van der Waals surface area contributed by atoms with Gasteiger partial charge in [-0.1, -0.05) is 6.07 Å². The first kappa shape index (κ1) is 16.1. The summed E-state index contributed by atoms with van der Waals surface area (Å²) in [6.07, 6.45) is 0. The van der Waals surface area contributed by atoms with E-state index < -0.39 is 5.82 Å². The van der Waals surface area contributed by atoms with Gasteiger partial charge in [0.05, 0.1) is 34.2 Å². The Balaban J connectivity index is 1.89. The number of ether oxygens (including phenoxy) is 4. The summed E-state index contributed by atoms with van der Waals surface area (Å²) in [6, 6.07) is 8.35. The zero-order chi connectivity index (χ0) is 17.3. The van der Waals surface area contributed by atoms with Crippen molar-refractivity contribution in [3.05, 3.63) is 47.3 Å². The molecule has 0 N–H and O–H groups in total. The highest BCUT2D eigenvalue weighted by Crippen LogP contribution is 2.43. The van der Waals surface area contributed by atoms with Gasteiger partial charge in [0, 0.05) is 5.56 Å². The fourth-order valence-electron chi connectivity index (χ4n) is 2.65. The van der Waals surface area contributed by atoms with Gasteiger partial charge in [0.1, 0.15) is 6.04 Å². The molecule has 1 atom stereocenters. The van der Waals surface area contributed by atoms with Crippen molar-refractivity contribution in [2.45, 2.75) is 6.04 Å². The van der Waals surface area contributed by atoms with Gasteiger partial charge in [0.15, 0.2) is 23.1 Å². The lowest BCUT2D eigenvalue weighted by Crippen LogP contribution is -2.00. The summed E-state index contributed by atoms with van der Waals surface area (Å²) in [6.45, 7) is 0. The van der Waals surface area contributed by atoms with Gasteiger partial charge in [-0.25, -0.2) is 4.39 Å². The van der Waals surface area contributed by atoms with Crippen LogP contribution in [0.5, 0.6) is 23.0 Å². The van der Waals surface area contributed by atoms with Crippen LogP contribution in [0.2, 0.25) is 0 Å². The number of aliphatic imine (C=N–C) groups is 1. The van der Waals surface area contributed by atoms with Crippen molar-refractivity contribution in [1.82, 2.24) is 0 Å². The van der Waals surface area contributed by atoms with E-state index in [0.717, 1.165) is 16.8 Å². The third-order valence-electron chi connectivity index (χ3n) is 3.91. The van der Waals surface area contributed by atoms with Crippen molar-refractivity contribution in [3.8, 4) is 23.0 Å². The predicted octanol–water partition coefficient (Wildman–Crippen LogP) is 3.40. The summed E-state index contributed by atoms with van der Waals surface area (Å²) >= 11 is 0. The molecule has 126 valence electrons. The van der Waals surface area contributed by atoms with Crippen LogP contribution >= 0.6 is 0 Å². The minimum Gasteiger partial charge on any atom is -0.494 e. The van der Waals surface area contributed by atoms with E-state index in [1.54, 1.807) is 33.5 Å². The highest BCUT2D eigenvalue weighted by Gasteiger charge is 2.32. The molecule has 0 bridgehead atoms. The Morgan fingerprint density at radius 1 is 0.833 bits per heavy atom. The van der Waals surface area contributed by atoms with Gasteiger partial charge in [-0.05, 0) is 29.8 Å². The molecule has 1 heterocycles. The van der Waals surface area contributed by atoms with Crippen molar-refractivity contribution >= 4 is 5.71 Å². The molecule has 0 radical (unpaired) electrons. The maximum absolute atomic E-state index is 13.9. The Kier molecular flexibility index (Phi) is 4.29. The van der Waals surface area contributed by atoms with E-state index in [1.807, 2.05) is 12.1 Å². The van der Waals surface area contributed by atoms with Gasteiger partial charge >= 0.3 is 0 Å². The van der Waals surface area contributed by atoms with Gasteiger partial charge in [-0.15, -0.1) is 0 Å². The number of nitrogens with zero attached hydrogens (tertiary/aromatic N) is 1. The minimum atomic E-state index is -0.402. The highest BCUT2D eigenvalue weighted by atomic mass is 19.1. The quantitative estimate of drug-likeness (QED) is 0.814. The molecule has 0 amide bonds. The molecule has 6 heteroatoms. The molecule has 1 aliphatic heterocycles. The summed E-state index contributed by atoms with van der Waals surface area (Å²) in [4.78, 5) is 4.46. The van der Waals surface area contributed by atoms with Crippen LogP contribution in [-0.2, 0) is 0 Å². The molecule has 0 aromatic heterocycles. The number of halogens is 1. The van der Waals surface area contributed by atoms with Crippen LogP contribution in [-0.4, -0.2) is 34.2 Å². The third-order valence-corrected chi connectivity index (χ3v) is 3.91. The van der Waals surface area contributed by atoms with Crippen LogP contribution in [0.4, 0.5) is 4.39 Å². The second-order valence-corrected chi connectivity index (χ2v) is 5.22. The Morgan fingerprint density at radius 3 is 1.96 bits per heavy atom.